The minimum atomic E-state index is -0.471. The SMILES string of the molecule is O=C(COc1ccc2c(-c3ccccc3)cc(=O)oc2c1)NCc1ccccc1F. The average Bonchev–Trinajstić information content (AvgIpc) is 2.77. The van der Waals surface area contributed by atoms with Gasteiger partial charge in [0, 0.05) is 29.6 Å². The van der Waals surface area contributed by atoms with Gasteiger partial charge in [-0.2, -0.15) is 0 Å². The fourth-order valence-electron chi connectivity index (χ4n) is 3.12. The van der Waals surface area contributed by atoms with Gasteiger partial charge in [0.15, 0.2) is 6.61 Å². The topological polar surface area (TPSA) is 68.5 Å². The highest BCUT2D eigenvalue weighted by atomic mass is 19.1. The number of carbonyl (C=O) groups excluding carboxylic acids is 1. The van der Waals surface area contributed by atoms with Crippen LogP contribution in [0.2, 0.25) is 0 Å². The molecule has 0 aliphatic carbocycles. The maximum atomic E-state index is 13.6. The Labute approximate surface area is 171 Å². The van der Waals surface area contributed by atoms with Crippen LogP contribution in [0.15, 0.2) is 88.1 Å². The number of halogens is 1. The van der Waals surface area contributed by atoms with E-state index in [4.69, 9.17) is 9.15 Å². The Bertz CT molecular complexity index is 1250. The van der Waals surface area contributed by atoms with E-state index in [1.807, 2.05) is 30.3 Å². The first-order valence-electron chi connectivity index (χ1n) is 9.36. The fraction of sp³-hybridized carbons (Fsp3) is 0.0833. The van der Waals surface area contributed by atoms with Crippen molar-refractivity contribution in [2.75, 3.05) is 6.61 Å². The highest BCUT2D eigenvalue weighted by molar-refractivity contribution is 5.93. The lowest BCUT2D eigenvalue weighted by atomic mass is 10.0. The molecule has 30 heavy (non-hydrogen) atoms. The van der Waals surface area contributed by atoms with Gasteiger partial charge in [0.25, 0.3) is 5.91 Å². The maximum Gasteiger partial charge on any atom is 0.336 e. The molecule has 1 N–H and O–H groups in total. The lowest BCUT2D eigenvalue weighted by Crippen LogP contribution is -2.28. The van der Waals surface area contributed by atoms with E-state index < -0.39 is 11.5 Å². The van der Waals surface area contributed by atoms with E-state index in [9.17, 15) is 14.0 Å². The highest BCUT2D eigenvalue weighted by Crippen LogP contribution is 2.29. The smallest absolute Gasteiger partial charge is 0.336 e. The van der Waals surface area contributed by atoms with Crippen LogP contribution in [0.25, 0.3) is 22.1 Å². The van der Waals surface area contributed by atoms with Gasteiger partial charge in [0.05, 0.1) is 0 Å². The molecule has 0 aliphatic heterocycles. The maximum absolute atomic E-state index is 13.6. The van der Waals surface area contributed by atoms with Gasteiger partial charge < -0.3 is 14.5 Å². The Kier molecular flexibility index (Phi) is 5.57. The van der Waals surface area contributed by atoms with Gasteiger partial charge >= 0.3 is 5.63 Å². The molecule has 0 radical (unpaired) electrons. The number of carbonyl (C=O) groups is 1. The number of benzene rings is 3. The summed E-state index contributed by atoms with van der Waals surface area (Å²) in [5.41, 5.74) is 1.95. The summed E-state index contributed by atoms with van der Waals surface area (Å²) in [6.45, 7) is -0.176. The molecular weight excluding hydrogens is 385 g/mol. The Hall–Kier alpha value is -3.93. The van der Waals surface area contributed by atoms with Crippen LogP contribution >= 0.6 is 0 Å². The molecule has 0 atom stereocenters. The monoisotopic (exact) mass is 403 g/mol. The van der Waals surface area contributed by atoms with E-state index in [1.54, 1.807) is 36.4 Å². The zero-order valence-electron chi connectivity index (χ0n) is 15.9. The molecule has 0 bridgehead atoms. The number of hydrogen-bond donors (Lipinski definition) is 1. The van der Waals surface area contributed by atoms with E-state index in [0.29, 0.717) is 16.9 Å². The number of nitrogens with one attached hydrogen (secondary N) is 1. The quantitative estimate of drug-likeness (QED) is 0.488. The van der Waals surface area contributed by atoms with E-state index in [2.05, 4.69) is 5.32 Å². The summed E-state index contributed by atoms with van der Waals surface area (Å²) >= 11 is 0. The van der Waals surface area contributed by atoms with Gasteiger partial charge in [-0.1, -0.05) is 48.5 Å². The molecule has 0 unspecified atom stereocenters. The second-order valence-electron chi connectivity index (χ2n) is 6.66. The van der Waals surface area contributed by atoms with Crippen molar-refractivity contribution < 1.29 is 18.3 Å². The number of rotatable bonds is 6. The number of hydrogen-bond acceptors (Lipinski definition) is 4. The van der Waals surface area contributed by atoms with Crippen LogP contribution in [0.4, 0.5) is 4.39 Å². The Morgan fingerprint density at radius 3 is 2.53 bits per heavy atom. The van der Waals surface area contributed by atoms with Crippen molar-refractivity contribution in [1.29, 1.82) is 0 Å². The van der Waals surface area contributed by atoms with Crippen LogP contribution in [-0.4, -0.2) is 12.5 Å². The van der Waals surface area contributed by atoms with Crippen molar-refractivity contribution in [1.82, 2.24) is 5.32 Å². The van der Waals surface area contributed by atoms with Crippen molar-refractivity contribution in [3.63, 3.8) is 0 Å². The predicted molar refractivity (Wildman–Crippen MR) is 112 cm³/mol. The van der Waals surface area contributed by atoms with E-state index >= 15 is 0 Å². The molecule has 6 heteroatoms. The second kappa shape index (κ2) is 8.61. The normalized spacial score (nSPS) is 10.7. The summed E-state index contributed by atoms with van der Waals surface area (Å²) < 4.78 is 24.4. The Morgan fingerprint density at radius 1 is 0.967 bits per heavy atom. The summed E-state index contributed by atoms with van der Waals surface area (Å²) in [5.74, 6) is -0.382. The minimum Gasteiger partial charge on any atom is -0.484 e. The molecule has 1 amide bonds. The first-order chi connectivity index (χ1) is 14.6. The molecule has 0 fully saturated rings. The van der Waals surface area contributed by atoms with E-state index in [-0.39, 0.29) is 19.0 Å². The number of fused-ring (bicyclic) bond motifs is 1. The second-order valence-corrected chi connectivity index (χ2v) is 6.66. The standard InChI is InChI=1S/C24H18FNO4/c25-21-9-5-4-8-17(21)14-26-23(27)15-29-18-10-11-19-20(16-6-2-1-3-7-16)13-24(28)30-22(19)12-18/h1-13H,14-15H2,(H,26,27). The molecule has 4 rings (SSSR count). The lowest BCUT2D eigenvalue weighted by molar-refractivity contribution is -0.123. The number of amides is 1. The zero-order chi connectivity index (χ0) is 20.9. The van der Waals surface area contributed by atoms with Gasteiger partial charge in [0.1, 0.15) is 17.1 Å². The van der Waals surface area contributed by atoms with Gasteiger partial charge in [-0.25, -0.2) is 9.18 Å². The Balaban J connectivity index is 1.47. The summed E-state index contributed by atoms with van der Waals surface area (Å²) in [4.78, 5) is 24.0. The molecule has 1 heterocycles. The molecule has 1 aromatic heterocycles. The van der Waals surface area contributed by atoms with Gasteiger partial charge in [-0.3, -0.25) is 4.79 Å². The van der Waals surface area contributed by atoms with Crippen LogP contribution in [0.5, 0.6) is 5.75 Å². The molecule has 150 valence electrons. The molecule has 0 spiro atoms. The average molecular weight is 403 g/mol. The molecular formula is C24H18FNO4. The summed E-state index contributed by atoms with van der Waals surface area (Å²) in [7, 11) is 0. The third-order valence-electron chi connectivity index (χ3n) is 4.60. The largest absolute Gasteiger partial charge is 0.484 e. The van der Waals surface area contributed by atoms with Crippen molar-refractivity contribution in [2.24, 2.45) is 0 Å². The third-order valence-corrected chi connectivity index (χ3v) is 4.60. The molecule has 5 nitrogen and oxygen atoms in total. The summed E-state index contributed by atoms with van der Waals surface area (Å²) in [6.07, 6.45) is 0. The molecule has 3 aromatic carbocycles. The van der Waals surface area contributed by atoms with Crippen molar-refractivity contribution in [2.45, 2.75) is 6.54 Å². The highest BCUT2D eigenvalue weighted by Gasteiger charge is 2.10. The van der Waals surface area contributed by atoms with Crippen LogP contribution in [-0.2, 0) is 11.3 Å². The predicted octanol–water partition coefficient (Wildman–Crippen LogP) is 4.29. The van der Waals surface area contributed by atoms with E-state index in [0.717, 1.165) is 16.5 Å². The molecule has 0 aliphatic rings. The van der Waals surface area contributed by atoms with Gasteiger partial charge in [-0.15, -0.1) is 0 Å². The van der Waals surface area contributed by atoms with Crippen LogP contribution < -0.4 is 15.7 Å². The molecule has 0 saturated heterocycles. The van der Waals surface area contributed by atoms with Crippen molar-refractivity contribution in [3.05, 3.63) is 101 Å². The van der Waals surface area contributed by atoms with E-state index in [1.165, 1.54) is 12.1 Å². The van der Waals surface area contributed by atoms with Crippen LogP contribution in [0.1, 0.15) is 5.56 Å². The zero-order valence-corrected chi connectivity index (χ0v) is 15.9. The Morgan fingerprint density at radius 2 is 1.73 bits per heavy atom. The molecule has 0 saturated carbocycles. The van der Waals surface area contributed by atoms with Gasteiger partial charge in [-0.05, 0) is 29.3 Å². The molecule has 4 aromatic rings. The summed E-state index contributed by atoms with van der Waals surface area (Å²) in [6, 6.07) is 22.3. The number of ether oxygens (including phenoxy) is 1. The fourth-order valence-corrected chi connectivity index (χ4v) is 3.12. The van der Waals surface area contributed by atoms with Crippen LogP contribution in [0, 0.1) is 5.82 Å². The lowest BCUT2D eigenvalue weighted by Gasteiger charge is -2.10. The first-order valence-corrected chi connectivity index (χ1v) is 9.36. The van der Waals surface area contributed by atoms with Crippen LogP contribution in [0.3, 0.4) is 0 Å². The third kappa shape index (κ3) is 4.38. The van der Waals surface area contributed by atoms with Crippen molar-refractivity contribution >= 4 is 16.9 Å². The van der Waals surface area contributed by atoms with Gasteiger partial charge in [0.2, 0.25) is 0 Å². The first kappa shape index (κ1) is 19.4. The summed E-state index contributed by atoms with van der Waals surface area (Å²) in [5, 5.41) is 3.37. The minimum absolute atomic E-state index is 0.0713. The van der Waals surface area contributed by atoms with Crippen molar-refractivity contribution in [3.8, 4) is 16.9 Å².